The number of anilines is 6. The van der Waals surface area contributed by atoms with E-state index in [2.05, 4.69) is 228 Å². The molecule has 1 aliphatic carbocycles. The maximum atomic E-state index is 2.51. The number of hydrogen-bond acceptors (Lipinski definition) is 2. The molecule has 0 aromatic heterocycles. The zero-order chi connectivity index (χ0) is 36.3. The summed E-state index contributed by atoms with van der Waals surface area (Å²) in [4.78, 5) is 4.95. The average Bonchev–Trinajstić information content (AvgIpc) is 3.57. The van der Waals surface area contributed by atoms with Crippen molar-refractivity contribution in [1.29, 1.82) is 0 Å². The Labute approximate surface area is 321 Å². The van der Waals surface area contributed by atoms with Crippen LogP contribution in [0.1, 0.15) is 22.3 Å². The van der Waals surface area contributed by atoms with Crippen LogP contribution in [-0.2, 0) is 5.41 Å². The Morgan fingerprint density at radius 3 is 1.84 bits per heavy atom. The maximum absolute atomic E-state index is 2.51. The first-order valence-corrected chi connectivity index (χ1v) is 19.0. The summed E-state index contributed by atoms with van der Waals surface area (Å²) < 4.78 is 0. The molecule has 1 aliphatic heterocycles. The third-order valence-corrected chi connectivity index (χ3v) is 11.6. The van der Waals surface area contributed by atoms with E-state index in [-0.39, 0.29) is 0 Å². The summed E-state index contributed by atoms with van der Waals surface area (Å²) in [5, 5.41) is 2.43. The maximum Gasteiger partial charge on any atom is 0.0755 e. The van der Waals surface area contributed by atoms with Gasteiger partial charge in [-0.3, -0.25) is 0 Å². The predicted octanol–water partition coefficient (Wildman–Crippen LogP) is 14.1. The van der Waals surface area contributed by atoms with Crippen LogP contribution in [0.5, 0.6) is 0 Å². The summed E-state index contributed by atoms with van der Waals surface area (Å²) >= 11 is 0. The van der Waals surface area contributed by atoms with Crippen LogP contribution >= 0.6 is 0 Å². The normalized spacial score (nSPS) is 14.9. The molecule has 9 aromatic carbocycles. The summed E-state index contributed by atoms with van der Waals surface area (Å²) in [5.74, 6) is 0. The molecule has 0 bridgehead atoms. The fourth-order valence-electron chi connectivity index (χ4n) is 9.41. The van der Waals surface area contributed by atoms with E-state index < -0.39 is 5.41 Å². The monoisotopic (exact) mass is 700 g/mol. The van der Waals surface area contributed by atoms with E-state index in [0.29, 0.717) is 0 Å². The van der Waals surface area contributed by atoms with Crippen molar-refractivity contribution < 1.29 is 0 Å². The average molecular weight is 701 g/mol. The van der Waals surface area contributed by atoms with E-state index in [4.69, 9.17) is 0 Å². The molecule has 0 spiro atoms. The second-order valence-corrected chi connectivity index (χ2v) is 14.5. The van der Waals surface area contributed by atoms with Gasteiger partial charge in [-0.05, 0) is 87.3 Å². The van der Waals surface area contributed by atoms with Crippen molar-refractivity contribution in [2.75, 3.05) is 9.80 Å². The number of para-hydroxylation sites is 3. The molecule has 1 heterocycles. The highest BCUT2D eigenvalue weighted by atomic mass is 15.2. The predicted molar refractivity (Wildman–Crippen MR) is 230 cm³/mol. The molecule has 2 aliphatic rings. The highest BCUT2D eigenvalue weighted by Crippen LogP contribution is 2.66. The SMILES string of the molecule is c1ccc(-c2ccc3c4c2N(c2ccccc2)c2ccccc2C4(c2ccccc2)c2cc(N(c4ccccc4)c4cccc5ccccc45)ccc2-3)cc1. The lowest BCUT2D eigenvalue weighted by atomic mass is 9.64. The molecule has 2 nitrogen and oxygen atoms in total. The van der Waals surface area contributed by atoms with Crippen molar-refractivity contribution in [2.45, 2.75) is 5.41 Å². The number of benzene rings is 9. The fraction of sp³-hybridized carbons (Fsp3) is 0.0189. The van der Waals surface area contributed by atoms with Crippen molar-refractivity contribution in [2.24, 2.45) is 0 Å². The minimum Gasteiger partial charge on any atom is -0.310 e. The van der Waals surface area contributed by atoms with Crippen LogP contribution in [-0.4, -0.2) is 0 Å². The molecule has 258 valence electrons. The van der Waals surface area contributed by atoms with Crippen LogP contribution < -0.4 is 9.80 Å². The molecule has 0 amide bonds. The Morgan fingerprint density at radius 2 is 1.04 bits per heavy atom. The van der Waals surface area contributed by atoms with Crippen molar-refractivity contribution in [1.82, 2.24) is 0 Å². The number of rotatable bonds is 6. The van der Waals surface area contributed by atoms with Crippen molar-refractivity contribution in [3.8, 4) is 22.3 Å². The van der Waals surface area contributed by atoms with Crippen LogP contribution in [0.2, 0.25) is 0 Å². The summed E-state index contributed by atoms with van der Waals surface area (Å²) in [6.07, 6.45) is 0. The largest absolute Gasteiger partial charge is 0.310 e. The van der Waals surface area contributed by atoms with Gasteiger partial charge in [-0.1, -0.05) is 170 Å². The van der Waals surface area contributed by atoms with E-state index in [9.17, 15) is 0 Å². The highest BCUT2D eigenvalue weighted by molar-refractivity contribution is 6.05. The Morgan fingerprint density at radius 1 is 0.418 bits per heavy atom. The van der Waals surface area contributed by atoms with E-state index >= 15 is 0 Å². The van der Waals surface area contributed by atoms with Gasteiger partial charge < -0.3 is 9.80 Å². The number of hydrogen-bond donors (Lipinski definition) is 0. The number of nitrogens with zero attached hydrogens (tertiary/aromatic N) is 2. The Balaban J connectivity index is 1.27. The second-order valence-electron chi connectivity index (χ2n) is 14.5. The molecule has 0 N–H and O–H groups in total. The molecule has 2 heteroatoms. The van der Waals surface area contributed by atoms with Gasteiger partial charge in [0.1, 0.15) is 0 Å². The summed E-state index contributed by atoms with van der Waals surface area (Å²) in [6.45, 7) is 0. The number of fused-ring (bicyclic) bond motifs is 6. The quantitative estimate of drug-likeness (QED) is 0.170. The summed E-state index contributed by atoms with van der Waals surface area (Å²) in [6, 6.07) is 80.1. The van der Waals surface area contributed by atoms with Gasteiger partial charge in [0.15, 0.2) is 0 Å². The van der Waals surface area contributed by atoms with Gasteiger partial charge in [-0.25, -0.2) is 0 Å². The molecule has 1 atom stereocenters. The zero-order valence-electron chi connectivity index (χ0n) is 30.2. The molecule has 55 heavy (non-hydrogen) atoms. The van der Waals surface area contributed by atoms with E-state index in [1.54, 1.807) is 0 Å². The minimum absolute atomic E-state index is 0.592. The van der Waals surface area contributed by atoms with Gasteiger partial charge in [-0.15, -0.1) is 0 Å². The van der Waals surface area contributed by atoms with Gasteiger partial charge in [0.2, 0.25) is 0 Å². The van der Waals surface area contributed by atoms with E-state index in [1.165, 1.54) is 66.7 Å². The third-order valence-electron chi connectivity index (χ3n) is 11.6. The van der Waals surface area contributed by atoms with Gasteiger partial charge in [0, 0.05) is 33.6 Å². The van der Waals surface area contributed by atoms with Gasteiger partial charge in [0.25, 0.3) is 0 Å². The fourth-order valence-corrected chi connectivity index (χ4v) is 9.41. The molecule has 0 saturated heterocycles. The van der Waals surface area contributed by atoms with Crippen molar-refractivity contribution in [3.05, 3.63) is 241 Å². The molecule has 9 aromatic rings. The third kappa shape index (κ3) is 4.62. The Kier molecular flexibility index (Phi) is 7.11. The topological polar surface area (TPSA) is 6.48 Å². The van der Waals surface area contributed by atoms with Crippen LogP contribution in [0, 0.1) is 0 Å². The molecular formula is C53H36N2. The van der Waals surface area contributed by atoms with Crippen LogP contribution in [0.4, 0.5) is 34.1 Å². The highest BCUT2D eigenvalue weighted by Gasteiger charge is 2.53. The van der Waals surface area contributed by atoms with E-state index in [0.717, 1.165) is 22.7 Å². The first-order chi connectivity index (χ1) is 27.3. The van der Waals surface area contributed by atoms with Gasteiger partial charge in [0.05, 0.1) is 22.5 Å². The molecular weight excluding hydrogens is 665 g/mol. The van der Waals surface area contributed by atoms with Crippen LogP contribution in [0.3, 0.4) is 0 Å². The standard InChI is InChI=1S/C53H36N2/c1-5-18-38(19-6-1)44-34-35-46-45-33-32-42(54(40-24-9-3-10-25-40)49-31-17-21-37-20-13-14-28-43(37)49)36-48(45)53(39-22-7-2-8-23-39)47-29-15-16-30-50(47)55(52(44)51(46)53)41-26-11-4-12-27-41/h1-36H. The zero-order valence-corrected chi connectivity index (χ0v) is 30.2. The van der Waals surface area contributed by atoms with Crippen molar-refractivity contribution >= 4 is 44.9 Å². The molecule has 0 fully saturated rings. The van der Waals surface area contributed by atoms with E-state index in [1.807, 2.05) is 0 Å². The second kappa shape index (κ2) is 12.5. The van der Waals surface area contributed by atoms with Crippen molar-refractivity contribution in [3.63, 3.8) is 0 Å². The van der Waals surface area contributed by atoms with Crippen LogP contribution in [0.25, 0.3) is 33.0 Å². The summed E-state index contributed by atoms with van der Waals surface area (Å²) in [5.41, 5.74) is 16.5. The molecule has 0 saturated carbocycles. The Hall–Kier alpha value is -7.16. The van der Waals surface area contributed by atoms with Crippen LogP contribution in [0.15, 0.2) is 218 Å². The Bertz CT molecular complexity index is 2860. The lowest BCUT2D eigenvalue weighted by molar-refractivity contribution is 0.754. The molecule has 11 rings (SSSR count). The van der Waals surface area contributed by atoms with Gasteiger partial charge in [-0.2, -0.15) is 0 Å². The lowest BCUT2D eigenvalue weighted by Crippen LogP contribution is -2.36. The molecule has 1 unspecified atom stereocenters. The minimum atomic E-state index is -0.592. The van der Waals surface area contributed by atoms with Gasteiger partial charge >= 0.3 is 0 Å². The summed E-state index contributed by atoms with van der Waals surface area (Å²) in [7, 11) is 0. The first kappa shape index (κ1) is 31.4. The first-order valence-electron chi connectivity index (χ1n) is 19.0. The lowest BCUT2D eigenvalue weighted by Gasteiger charge is -2.45. The molecule has 0 radical (unpaired) electrons. The smallest absolute Gasteiger partial charge is 0.0755 e.